The second kappa shape index (κ2) is 4.60. The van der Waals surface area contributed by atoms with Crippen molar-refractivity contribution in [2.45, 2.75) is 38.6 Å². The standard InChI is InChI=1S/C11H22N2O/c1-8-2-3-9(6-8)11(13-12)10-4-5-14-7-10/h8-11,13H,2-7,12H2,1H3. The Morgan fingerprint density at radius 2 is 2.14 bits per heavy atom. The van der Waals surface area contributed by atoms with E-state index in [1.165, 1.54) is 25.7 Å². The van der Waals surface area contributed by atoms with Crippen LogP contribution in [-0.4, -0.2) is 19.3 Å². The molecule has 2 fully saturated rings. The Morgan fingerprint density at radius 3 is 2.64 bits per heavy atom. The summed E-state index contributed by atoms with van der Waals surface area (Å²) in [5.41, 5.74) is 3.03. The van der Waals surface area contributed by atoms with Crippen LogP contribution in [0, 0.1) is 17.8 Å². The molecule has 0 aromatic carbocycles. The van der Waals surface area contributed by atoms with Gasteiger partial charge in [-0.25, -0.2) is 0 Å². The summed E-state index contributed by atoms with van der Waals surface area (Å²) in [5, 5.41) is 0. The van der Waals surface area contributed by atoms with E-state index in [0.29, 0.717) is 12.0 Å². The number of hydrogen-bond donors (Lipinski definition) is 2. The second-order valence-corrected chi connectivity index (χ2v) is 4.99. The first-order valence-electron chi connectivity index (χ1n) is 5.85. The Kier molecular flexibility index (Phi) is 3.42. The van der Waals surface area contributed by atoms with Crippen molar-refractivity contribution in [2.75, 3.05) is 13.2 Å². The van der Waals surface area contributed by atoms with Crippen LogP contribution in [0.3, 0.4) is 0 Å². The minimum Gasteiger partial charge on any atom is -0.381 e. The van der Waals surface area contributed by atoms with Crippen molar-refractivity contribution in [3.05, 3.63) is 0 Å². The summed E-state index contributed by atoms with van der Waals surface area (Å²) < 4.78 is 5.43. The number of nitrogens with one attached hydrogen (secondary N) is 1. The third-order valence-corrected chi connectivity index (χ3v) is 3.91. The normalized spacial score (nSPS) is 40.3. The molecule has 0 aromatic heterocycles. The number of hydrazine groups is 1. The van der Waals surface area contributed by atoms with Gasteiger partial charge in [0, 0.05) is 18.6 Å². The van der Waals surface area contributed by atoms with Crippen molar-refractivity contribution >= 4 is 0 Å². The van der Waals surface area contributed by atoms with Crippen molar-refractivity contribution in [1.82, 2.24) is 5.43 Å². The fourth-order valence-corrected chi connectivity index (χ4v) is 3.07. The molecule has 1 saturated heterocycles. The zero-order valence-corrected chi connectivity index (χ0v) is 9.04. The summed E-state index contributed by atoms with van der Waals surface area (Å²) >= 11 is 0. The van der Waals surface area contributed by atoms with Crippen molar-refractivity contribution in [3.8, 4) is 0 Å². The van der Waals surface area contributed by atoms with Crippen LogP contribution >= 0.6 is 0 Å². The van der Waals surface area contributed by atoms with Crippen LogP contribution < -0.4 is 11.3 Å². The van der Waals surface area contributed by atoms with Crippen LogP contribution in [0.15, 0.2) is 0 Å². The summed E-state index contributed by atoms with van der Waals surface area (Å²) in [5.74, 6) is 7.99. The summed E-state index contributed by atoms with van der Waals surface area (Å²) in [6.07, 6.45) is 5.23. The monoisotopic (exact) mass is 198 g/mol. The van der Waals surface area contributed by atoms with E-state index < -0.39 is 0 Å². The van der Waals surface area contributed by atoms with Crippen LogP contribution in [0.2, 0.25) is 0 Å². The van der Waals surface area contributed by atoms with Gasteiger partial charge in [0.05, 0.1) is 6.61 Å². The molecule has 3 heteroatoms. The molecule has 1 heterocycles. The Morgan fingerprint density at radius 1 is 1.29 bits per heavy atom. The predicted molar refractivity (Wildman–Crippen MR) is 56.5 cm³/mol. The zero-order valence-electron chi connectivity index (χ0n) is 9.04. The van der Waals surface area contributed by atoms with Gasteiger partial charge in [0.1, 0.15) is 0 Å². The maximum absolute atomic E-state index is 5.67. The molecule has 82 valence electrons. The maximum atomic E-state index is 5.67. The molecule has 0 aromatic rings. The quantitative estimate of drug-likeness (QED) is 0.530. The van der Waals surface area contributed by atoms with E-state index in [1.54, 1.807) is 0 Å². The fourth-order valence-electron chi connectivity index (χ4n) is 3.07. The molecule has 4 atom stereocenters. The maximum Gasteiger partial charge on any atom is 0.0510 e. The average molecular weight is 198 g/mol. The van der Waals surface area contributed by atoms with Gasteiger partial charge in [-0.2, -0.15) is 0 Å². The molecule has 4 unspecified atom stereocenters. The van der Waals surface area contributed by atoms with E-state index >= 15 is 0 Å². The van der Waals surface area contributed by atoms with E-state index in [2.05, 4.69) is 12.3 Å². The molecule has 0 radical (unpaired) electrons. The molecule has 1 aliphatic carbocycles. The Labute approximate surface area is 86.4 Å². The molecule has 2 rings (SSSR count). The minimum atomic E-state index is 0.488. The van der Waals surface area contributed by atoms with E-state index in [1.807, 2.05) is 0 Å². The largest absolute Gasteiger partial charge is 0.381 e. The van der Waals surface area contributed by atoms with Gasteiger partial charge in [-0.15, -0.1) is 0 Å². The van der Waals surface area contributed by atoms with Crippen LogP contribution in [0.1, 0.15) is 32.6 Å². The highest BCUT2D eigenvalue weighted by atomic mass is 16.5. The SMILES string of the molecule is CC1CCC(C(NN)C2CCOC2)C1. The first-order chi connectivity index (χ1) is 6.81. The van der Waals surface area contributed by atoms with Gasteiger partial charge in [0.2, 0.25) is 0 Å². The topological polar surface area (TPSA) is 47.3 Å². The van der Waals surface area contributed by atoms with E-state index in [0.717, 1.165) is 25.0 Å². The molecule has 1 saturated carbocycles. The van der Waals surface area contributed by atoms with Crippen LogP contribution in [-0.2, 0) is 4.74 Å². The Balaban J connectivity index is 1.91. The van der Waals surface area contributed by atoms with E-state index in [-0.39, 0.29) is 0 Å². The third kappa shape index (κ3) is 2.10. The summed E-state index contributed by atoms with van der Waals surface area (Å²) in [7, 11) is 0. The molecular formula is C11H22N2O. The van der Waals surface area contributed by atoms with Crippen molar-refractivity contribution in [1.29, 1.82) is 0 Å². The van der Waals surface area contributed by atoms with Gasteiger partial charge in [0.15, 0.2) is 0 Å². The second-order valence-electron chi connectivity index (χ2n) is 4.99. The highest BCUT2D eigenvalue weighted by molar-refractivity contribution is 4.88. The molecule has 0 spiro atoms. The number of ether oxygens (including phenoxy) is 1. The third-order valence-electron chi connectivity index (χ3n) is 3.91. The number of nitrogens with two attached hydrogens (primary N) is 1. The molecule has 2 aliphatic rings. The molecular weight excluding hydrogens is 176 g/mol. The molecule has 1 aliphatic heterocycles. The van der Waals surface area contributed by atoms with Crippen molar-refractivity contribution in [3.63, 3.8) is 0 Å². The summed E-state index contributed by atoms with van der Waals surface area (Å²) in [4.78, 5) is 0. The first-order valence-corrected chi connectivity index (χ1v) is 5.85. The van der Waals surface area contributed by atoms with Crippen molar-refractivity contribution < 1.29 is 4.74 Å². The van der Waals surface area contributed by atoms with Crippen LogP contribution in [0.25, 0.3) is 0 Å². The lowest BCUT2D eigenvalue weighted by atomic mass is 9.86. The average Bonchev–Trinajstić information content (AvgIpc) is 2.79. The van der Waals surface area contributed by atoms with Gasteiger partial charge in [-0.1, -0.05) is 13.3 Å². The minimum absolute atomic E-state index is 0.488. The van der Waals surface area contributed by atoms with E-state index in [9.17, 15) is 0 Å². The lowest BCUT2D eigenvalue weighted by molar-refractivity contribution is 0.164. The van der Waals surface area contributed by atoms with E-state index in [4.69, 9.17) is 10.6 Å². The van der Waals surface area contributed by atoms with Crippen molar-refractivity contribution in [2.24, 2.45) is 23.6 Å². The highest BCUT2D eigenvalue weighted by Crippen LogP contribution is 2.36. The molecule has 0 bridgehead atoms. The van der Waals surface area contributed by atoms with Gasteiger partial charge in [-0.3, -0.25) is 11.3 Å². The van der Waals surface area contributed by atoms with Crippen LogP contribution in [0.5, 0.6) is 0 Å². The Bertz CT molecular complexity index is 180. The predicted octanol–water partition coefficient (Wildman–Crippen LogP) is 1.29. The molecule has 14 heavy (non-hydrogen) atoms. The van der Waals surface area contributed by atoms with Gasteiger partial charge in [0.25, 0.3) is 0 Å². The Hall–Kier alpha value is -0.120. The highest BCUT2D eigenvalue weighted by Gasteiger charge is 2.34. The smallest absolute Gasteiger partial charge is 0.0510 e. The fraction of sp³-hybridized carbons (Fsp3) is 1.00. The zero-order chi connectivity index (χ0) is 9.97. The number of rotatable bonds is 3. The molecule has 3 N–H and O–H groups in total. The molecule has 0 amide bonds. The first kappa shape index (κ1) is 10.4. The summed E-state index contributed by atoms with van der Waals surface area (Å²) in [6.45, 7) is 4.17. The van der Waals surface area contributed by atoms with Gasteiger partial charge < -0.3 is 4.74 Å². The number of hydrogen-bond acceptors (Lipinski definition) is 3. The van der Waals surface area contributed by atoms with Gasteiger partial charge >= 0.3 is 0 Å². The lowest BCUT2D eigenvalue weighted by Crippen LogP contribution is -2.45. The van der Waals surface area contributed by atoms with Crippen LogP contribution in [0.4, 0.5) is 0 Å². The lowest BCUT2D eigenvalue weighted by Gasteiger charge is -2.27. The van der Waals surface area contributed by atoms with Gasteiger partial charge in [-0.05, 0) is 31.1 Å². The summed E-state index contributed by atoms with van der Waals surface area (Å²) in [6, 6.07) is 0.488. The molecule has 3 nitrogen and oxygen atoms in total.